The predicted octanol–water partition coefficient (Wildman–Crippen LogP) is 2.67. The summed E-state index contributed by atoms with van der Waals surface area (Å²) in [6, 6.07) is 1.89. The minimum absolute atomic E-state index is 0.0321. The van der Waals surface area contributed by atoms with Gasteiger partial charge in [-0.2, -0.15) is 0 Å². The van der Waals surface area contributed by atoms with Gasteiger partial charge in [0.15, 0.2) is 0 Å². The zero-order chi connectivity index (χ0) is 19.3. The van der Waals surface area contributed by atoms with Gasteiger partial charge in [-0.15, -0.1) is 0 Å². The van der Waals surface area contributed by atoms with Crippen LogP contribution in [-0.4, -0.2) is 70.2 Å². The maximum Gasteiger partial charge on any atom is 0.310 e. The smallest absolute Gasteiger partial charge is 0.310 e. The van der Waals surface area contributed by atoms with Crippen molar-refractivity contribution in [3.63, 3.8) is 0 Å². The molecular formula is C21H34N2O4. The number of nitrogens with zero attached hydrogens (tertiary/aromatic N) is 2. The van der Waals surface area contributed by atoms with Crippen molar-refractivity contribution in [3.8, 4) is 0 Å². The number of piperidine rings is 2. The molecule has 4 fully saturated rings. The molecule has 4 aliphatic rings. The average Bonchev–Trinajstić information content (AvgIpc) is 2.95. The van der Waals surface area contributed by atoms with Crippen LogP contribution in [0.1, 0.15) is 64.2 Å². The SMILES string of the molecule is CN1[C@@H]2CC[C@H]1CC(C(CCC(=O)O)(C(=O)O)C1C[C@H]3CC[C@@H](C1)N3C)C2. The summed E-state index contributed by atoms with van der Waals surface area (Å²) in [4.78, 5) is 29.1. The third kappa shape index (κ3) is 3.09. The van der Waals surface area contributed by atoms with Crippen molar-refractivity contribution in [2.45, 2.75) is 88.4 Å². The number of fused-ring (bicyclic) bond motifs is 4. The molecule has 0 spiro atoms. The highest BCUT2D eigenvalue weighted by atomic mass is 16.4. The molecule has 2 unspecified atom stereocenters. The van der Waals surface area contributed by atoms with Crippen LogP contribution in [0.5, 0.6) is 0 Å². The third-order valence-electron chi connectivity index (χ3n) is 8.80. The Morgan fingerprint density at radius 3 is 1.48 bits per heavy atom. The van der Waals surface area contributed by atoms with Crippen LogP contribution in [0.15, 0.2) is 0 Å². The Bertz CT molecular complexity index is 547. The van der Waals surface area contributed by atoms with Crippen molar-refractivity contribution in [2.24, 2.45) is 17.3 Å². The van der Waals surface area contributed by atoms with E-state index in [2.05, 4.69) is 23.9 Å². The summed E-state index contributed by atoms with van der Waals surface area (Å²) in [5.74, 6) is -1.38. The first kappa shape index (κ1) is 19.2. The Kier molecular flexibility index (Phi) is 5.00. The maximum absolute atomic E-state index is 12.8. The lowest BCUT2D eigenvalue weighted by Gasteiger charge is -2.51. The Morgan fingerprint density at radius 1 is 0.815 bits per heavy atom. The van der Waals surface area contributed by atoms with Gasteiger partial charge >= 0.3 is 11.9 Å². The summed E-state index contributed by atoms with van der Waals surface area (Å²) in [7, 11) is 4.35. The van der Waals surface area contributed by atoms with Crippen molar-refractivity contribution in [1.29, 1.82) is 0 Å². The van der Waals surface area contributed by atoms with Crippen LogP contribution in [0.3, 0.4) is 0 Å². The Labute approximate surface area is 161 Å². The van der Waals surface area contributed by atoms with Crippen LogP contribution in [0.25, 0.3) is 0 Å². The summed E-state index contributed by atoms with van der Waals surface area (Å²) in [6.45, 7) is 0. The standard InChI is InChI=1S/C21H34N2O4/c1-22-15-3-4-16(22)10-13(9-15)21(20(26)27,8-7-19(24)25)14-11-17-5-6-18(12-14)23(17)2/h13-18H,3-12H2,1-2H3,(H,24,25)(H,26,27)/t13?,14?,15-,16+,17-,18+,21?. The topological polar surface area (TPSA) is 81.1 Å². The molecule has 0 aromatic carbocycles. The molecule has 0 saturated carbocycles. The van der Waals surface area contributed by atoms with Crippen molar-refractivity contribution in [1.82, 2.24) is 9.80 Å². The van der Waals surface area contributed by atoms with Gasteiger partial charge in [0.1, 0.15) is 0 Å². The van der Waals surface area contributed by atoms with E-state index in [1.54, 1.807) is 0 Å². The van der Waals surface area contributed by atoms with E-state index in [4.69, 9.17) is 0 Å². The van der Waals surface area contributed by atoms with Gasteiger partial charge in [0.05, 0.1) is 5.41 Å². The molecule has 0 aliphatic carbocycles. The Balaban J connectivity index is 1.66. The highest BCUT2D eigenvalue weighted by Crippen LogP contribution is 2.56. The van der Waals surface area contributed by atoms with Crippen molar-refractivity contribution >= 4 is 11.9 Å². The number of hydrogen-bond donors (Lipinski definition) is 2. The molecule has 4 aliphatic heterocycles. The number of hydrogen-bond acceptors (Lipinski definition) is 4. The van der Waals surface area contributed by atoms with Crippen LogP contribution in [0, 0.1) is 17.3 Å². The molecular weight excluding hydrogens is 344 g/mol. The van der Waals surface area contributed by atoms with Gasteiger partial charge in [0.2, 0.25) is 0 Å². The van der Waals surface area contributed by atoms with Crippen molar-refractivity contribution in [3.05, 3.63) is 0 Å². The Morgan fingerprint density at radius 2 is 1.19 bits per heavy atom. The van der Waals surface area contributed by atoms with E-state index >= 15 is 0 Å². The second kappa shape index (κ2) is 7.03. The molecule has 4 bridgehead atoms. The summed E-state index contributed by atoms with van der Waals surface area (Å²) in [5, 5.41) is 19.9. The molecule has 0 radical (unpaired) electrons. The molecule has 152 valence electrons. The molecule has 6 heteroatoms. The first-order valence-electron chi connectivity index (χ1n) is 10.7. The van der Waals surface area contributed by atoms with Crippen LogP contribution < -0.4 is 0 Å². The lowest BCUT2D eigenvalue weighted by Crippen LogP contribution is -2.55. The third-order valence-corrected chi connectivity index (χ3v) is 8.80. The maximum atomic E-state index is 12.8. The monoisotopic (exact) mass is 378 g/mol. The number of carboxylic acid groups (broad SMARTS) is 2. The van der Waals surface area contributed by atoms with E-state index in [1.807, 2.05) is 0 Å². The van der Waals surface area contributed by atoms with E-state index in [0.29, 0.717) is 30.6 Å². The second-order valence-corrected chi connectivity index (χ2v) is 9.68. The average molecular weight is 379 g/mol. The van der Waals surface area contributed by atoms with Gasteiger partial charge in [-0.3, -0.25) is 9.59 Å². The van der Waals surface area contributed by atoms with Gasteiger partial charge in [-0.25, -0.2) is 0 Å². The molecule has 6 nitrogen and oxygen atoms in total. The fraction of sp³-hybridized carbons (Fsp3) is 0.905. The molecule has 0 amide bonds. The molecule has 4 heterocycles. The highest BCUT2D eigenvalue weighted by Gasteiger charge is 2.58. The molecule has 2 N–H and O–H groups in total. The summed E-state index contributed by atoms with van der Waals surface area (Å²) < 4.78 is 0. The number of rotatable bonds is 6. The first-order chi connectivity index (χ1) is 12.8. The zero-order valence-corrected chi connectivity index (χ0v) is 16.6. The predicted molar refractivity (Wildman–Crippen MR) is 102 cm³/mol. The summed E-state index contributed by atoms with van der Waals surface area (Å²) in [6.07, 6.45) is 8.56. The normalized spacial score (nSPS) is 41.4. The molecule has 6 atom stereocenters. The minimum atomic E-state index is -0.872. The van der Waals surface area contributed by atoms with E-state index < -0.39 is 17.4 Å². The zero-order valence-electron chi connectivity index (χ0n) is 16.6. The summed E-state index contributed by atoms with van der Waals surface area (Å²) >= 11 is 0. The fourth-order valence-corrected chi connectivity index (χ4v) is 7.18. The molecule has 0 aromatic heterocycles. The molecule has 27 heavy (non-hydrogen) atoms. The highest BCUT2D eigenvalue weighted by molar-refractivity contribution is 5.77. The van der Waals surface area contributed by atoms with Gasteiger partial charge in [-0.1, -0.05) is 0 Å². The minimum Gasteiger partial charge on any atom is -0.481 e. The molecule has 4 rings (SSSR count). The first-order valence-corrected chi connectivity index (χ1v) is 10.7. The van der Waals surface area contributed by atoms with Gasteiger partial charge in [-0.05, 0) is 83.7 Å². The molecule has 0 aromatic rings. The van der Waals surface area contributed by atoms with Gasteiger partial charge in [0.25, 0.3) is 0 Å². The second-order valence-electron chi connectivity index (χ2n) is 9.68. The van der Waals surface area contributed by atoms with Crippen molar-refractivity contribution in [2.75, 3.05) is 14.1 Å². The van der Waals surface area contributed by atoms with Crippen LogP contribution in [0.4, 0.5) is 0 Å². The van der Waals surface area contributed by atoms with E-state index in [9.17, 15) is 19.8 Å². The summed E-state index contributed by atoms with van der Waals surface area (Å²) in [5.41, 5.74) is -0.872. The molecule has 4 saturated heterocycles. The van der Waals surface area contributed by atoms with Crippen LogP contribution in [-0.2, 0) is 9.59 Å². The number of carbonyl (C=O) groups is 2. The fourth-order valence-electron chi connectivity index (χ4n) is 7.18. The van der Waals surface area contributed by atoms with Crippen LogP contribution in [0.2, 0.25) is 0 Å². The number of aliphatic carboxylic acids is 2. The number of carboxylic acids is 2. The van der Waals surface area contributed by atoms with Gasteiger partial charge in [0, 0.05) is 30.6 Å². The van der Waals surface area contributed by atoms with Crippen molar-refractivity contribution < 1.29 is 19.8 Å². The lowest BCUT2D eigenvalue weighted by atomic mass is 9.57. The van der Waals surface area contributed by atoms with E-state index in [-0.39, 0.29) is 18.3 Å². The lowest BCUT2D eigenvalue weighted by molar-refractivity contribution is -0.165. The van der Waals surface area contributed by atoms with E-state index in [1.165, 1.54) is 0 Å². The van der Waals surface area contributed by atoms with Crippen LogP contribution >= 0.6 is 0 Å². The van der Waals surface area contributed by atoms with E-state index in [0.717, 1.165) is 51.4 Å². The Hall–Kier alpha value is -1.14. The largest absolute Gasteiger partial charge is 0.481 e. The quantitative estimate of drug-likeness (QED) is 0.740. The van der Waals surface area contributed by atoms with Gasteiger partial charge < -0.3 is 20.0 Å².